The lowest BCUT2D eigenvalue weighted by atomic mass is 10.0. The van der Waals surface area contributed by atoms with Crippen LogP contribution in [0.15, 0.2) is 57.7 Å². The molecule has 3 aromatic rings. The van der Waals surface area contributed by atoms with E-state index >= 15 is 0 Å². The number of carbonyl (C=O) groups excluding carboxylic acids is 1. The Hall–Kier alpha value is -2.84. The van der Waals surface area contributed by atoms with Crippen LogP contribution in [-0.2, 0) is 14.6 Å². The lowest BCUT2D eigenvalue weighted by Crippen LogP contribution is -2.38. The van der Waals surface area contributed by atoms with Crippen LogP contribution in [0.5, 0.6) is 5.75 Å². The van der Waals surface area contributed by atoms with Crippen molar-refractivity contribution in [1.29, 1.82) is 0 Å². The van der Waals surface area contributed by atoms with E-state index in [4.69, 9.17) is 20.8 Å². The molecule has 2 aromatic carbocycles. The highest BCUT2D eigenvalue weighted by atomic mass is 35.5. The Morgan fingerprint density at radius 1 is 1.20 bits per heavy atom. The number of sulfone groups is 1. The van der Waals surface area contributed by atoms with Crippen molar-refractivity contribution in [3.63, 3.8) is 0 Å². The third kappa shape index (κ3) is 4.49. The average molecular weight is 448 g/mol. The largest absolute Gasteiger partial charge is 0.482 e. The average Bonchev–Trinajstić information content (AvgIpc) is 3.05. The van der Waals surface area contributed by atoms with Crippen molar-refractivity contribution in [2.75, 3.05) is 18.1 Å². The molecular formula is C21H18ClNO6S. The molecule has 156 valence electrons. The molecular weight excluding hydrogens is 430 g/mol. The standard InChI is InChI=1S/C21H18ClNO6S/c22-17-8-16-15(13-4-2-1-3-5-13)9-21(25)29-18(16)10-19(17)28-11-20(24)23-14-6-7-30(26,27)12-14/h1-5,8-10,14H,6-7,11-12H2,(H,23,24)/t14-/m1/s1. The van der Waals surface area contributed by atoms with Gasteiger partial charge in [-0.05, 0) is 23.6 Å². The van der Waals surface area contributed by atoms with Gasteiger partial charge in [-0.1, -0.05) is 41.9 Å². The van der Waals surface area contributed by atoms with Crippen LogP contribution in [0.3, 0.4) is 0 Å². The lowest BCUT2D eigenvalue weighted by molar-refractivity contribution is -0.123. The molecule has 0 bridgehead atoms. The first kappa shape index (κ1) is 20.4. The van der Waals surface area contributed by atoms with E-state index in [0.717, 1.165) is 5.56 Å². The number of rotatable bonds is 5. The molecule has 0 saturated carbocycles. The maximum Gasteiger partial charge on any atom is 0.336 e. The minimum Gasteiger partial charge on any atom is -0.482 e. The summed E-state index contributed by atoms with van der Waals surface area (Å²) in [6.45, 7) is -0.343. The summed E-state index contributed by atoms with van der Waals surface area (Å²) in [4.78, 5) is 24.1. The number of carbonyl (C=O) groups is 1. The molecule has 2 heterocycles. The van der Waals surface area contributed by atoms with Crippen molar-refractivity contribution in [2.45, 2.75) is 12.5 Å². The molecule has 1 N–H and O–H groups in total. The number of amides is 1. The summed E-state index contributed by atoms with van der Waals surface area (Å²) < 4.78 is 33.8. The molecule has 1 aromatic heterocycles. The fourth-order valence-electron chi connectivity index (χ4n) is 3.45. The van der Waals surface area contributed by atoms with E-state index in [-0.39, 0.29) is 34.5 Å². The molecule has 0 radical (unpaired) electrons. The predicted molar refractivity (Wildman–Crippen MR) is 114 cm³/mol. The van der Waals surface area contributed by atoms with Gasteiger partial charge in [-0.25, -0.2) is 13.2 Å². The second-order valence-electron chi connectivity index (χ2n) is 7.08. The third-order valence-corrected chi connectivity index (χ3v) is 6.90. The third-order valence-electron chi connectivity index (χ3n) is 4.84. The molecule has 1 fully saturated rings. The summed E-state index contributed by atoms with van der Waals surface area (Å²) in [5, 5.41) is 3.53. The lowest BCUT2D eigenvalue weighted by Gasteiger charge is -2.13. The minimum absolute atomic E-state index is 0.0666. The first-order valence-electron chi connectivity index (χ1n) is 9.26. The van der Waals surface area contributed by atoms with Crippen molar-refractivity contribution in [3.05, 3.63) is 64.0 Å². The summed E-state index contributed by atoms with van der Waals surface area (Å²) in [5.74, 6) is -0.263. The molecule has 1 amide bonds. The summed E-state index contributed by atoms with van der Waals surface area (Å²) in [6, 6.07) is 13.4. The smallest absolute Gasteiger partial charge is 0.336 e. The van der Waals surface area contributed by atoms with Gasteiger partial charge < -0.3 is 14.5 Å². The van der Waals surface area contributed by atoms with E-state index in [9.17, 15) is 18.0 Å². The number of halogens is 1. The fourth-order valence-corrected chi connectivity index (χ4v) is 5.34. The van der Waals surface area contributed by atoms with Crippen molar-refractivity contribution >= 4 is 38.3 Å². The van der Waals surface area contributed by atoms with Crippen LogP contribution in [0.4, 0.5) is 0 Å². The highest BCUT2D eigenvalue weighted by Gasteiger charge is 2.29. The van der Waals surface area contributed by atoms with Crippen molar-refractivity contribution < 1.29 is 22.4 Å². The Kier molecular flexibility index (Phi) is 5.53. The number of hydrogen-bond donors (Lipinski definition) is 1. The zero-order valence-electron chi connectivity index (χ0n) is 15.8. The van der Waals surface area contributed by atoms with Crippen LogP contribution >= 0.6 is 11.6 Å². The van der Waals surface area contributed by atoms with Gasteiger partial charge in [-0.15, -0.1) is 0 Å². The second kappa shape index (κ2) is 8.12. The predicted octanol–water partition coefficient (Wildman–Crippen LogP) is 2.80. The fraction of sp³-hybridized carbons (Fsp3) is 0.238. The number of hydrogen-bond acceptors (Lipinski definition) is 6. The molecule has 9 heteroatoms. The number of benzene rings is 2. The first-order chi connectivity index (χ1) is 14.3. The van der Waals surface area contributed by atoms with E-state index in [1.54, 1.807) is 6.07 Å². The molecule has 1 saturated heterocycles. The van der Waals surface area contributed by atoms with Crippen molar-refractivity contribution in [1.82, 2.24) is 5.32 Å². The van der Waals surface area contributed by atoms with Crippen LogP contribution in [0, 0.1) is 0 Å². The number of fused-ring (bicyclic) bond motifs is 1. The summed E-state index contributed by atoms with van der Waals surface area (Å²) in [6.07, 6.45) is 0.387. The molecule has 0 unspecified atom stereocenters. The molecule has 0 spiro atoms. The Bertz CT molecular complexity index is 1270. The molecule has 0 aliphatic carbocycles. The van der Waals surface area contributed by atoms with Crippen molar-refractivity contribution in [3.8, 4) is 16.9 Å². The molecule has 7 nitrogen and oxygen atoms in total. The normalized spacial score (nSPS) is 17.7. The highest BCUT2D eigenvalue weighted by molar-refractivity contribution is 7.91. The summed E-state index contributed by atoms with van der Waals surface area (Å²) in [7, 11) is -3.09. The summed E-state index contributed by atoms with van der Waals surface area (Å²) >= 11 is 6.34. The Balaban J connectivity index is 1.55. The highest BCUT2D eigenvalue weighted by Crippen LogP contribution is 2.34. The van der Waals surface area contributed by atoms with Gasteiger partial charge >= 0.3 is 5.63 Å². The van der Waals surface area contributed by atoms with Crippen LogP contribution in [0.1, 0.15) is 6.42 Å². The van der Waals surface area contributed by atoms with Gasteiger partial charge in [0.25, 0.3) is 5.91 Å². The van der Waals surface area contributed by atoms with E-state index in [1.165, 1.54) is 12.1 Å². The van der Waals surface area contributed by atoms with Gasteiger partial charge in [0.1, 0.15) is 11.3 Å². The number of ether oxygens (including phenoxy) is 1. The molecule has 30 heavy (non-hydrogen) atoms. The maximum absolute atomic E-state index is 12.1. The van der Waals surface area contributed by atoms with Crippen LogP contribution in [0.2, 0.25) is 5.02 Å². The minimum atomic E-state index is -3.09. The maximum atomic E-state index is 12.1. The molecule has 1 aliphatic heterocycles. The zero-order valence-corrected chi connectivity index (χ0v) is 17.3. The molecule has 1 atom stereocenters. The van der Waals surface area contributed by atoms with Crippen molar-refractivity contribution in [2.24, 2.45) is 0 Å². The first-order valence-corrected chi connectivity index (χ1v) is 11.5. The van der Waals surface area contributed by atoms with Gasteiger partial charge in [0.15, 0.2) is 16.4 Å². The second-order valence-corrected chi connectivity index (χ2v) is 9.72. The summed E-state index contributed by atoms with van der Waals surface area (Å²) in [5.41, 5.74) is 1.28. The Morgan fingerprint density at radius 2 is 1.97 bits per heavy atom. The van der Waals surface area contributed by atoms with E-state index in [1.807, 2.05) is 30.3 Å². The zero-order chi connectivity index (χ0) is 21.3. The van der Waals surface area contributed by atoms with Gasteiger partial charge in [-0.3, -0.25) is 4.79 Å². The van der Waals surface area contributed by atoms with Gasteiger partial charge in [0.2, 0.25) is 0 Å². The number of nitrogens with one attached hydrogen (secondary N) is 1. The Labute approximate surface area is 177 Å². The Morgan fingerprint density at radius 3 is 2.67 bits per heavy atom. The monoisotopic (exact) mass is 447 g/mol. The van der Waals surface area contributed by atoms with Gasteiger partial charge in [0.05, 0.1) is 16.5 Å². The SMILES string of the molecule is O=C(COc1cc2oc(=O)cc(-c3ccccc3)c2cc1Cl)N[C@@H]1CCS(=O)(=O)C1. The van der Waals surface area contributed by atoms with Crippen LogP contribution in [-0.4, -0.2) is 38.5 Å². The quantitative estimate of drug-likeness (QED) is 0.603. The van der Waals surface area contributed by atoms with Gasteiger partial charge in [-0.2, -0.15) is 0 Å². The van der Waals surface area contributed by atoms with Crippen LogP contribution < -0.4 is 15.7 Å². The van der Waals surface area contributed by atoms with Gasteiger partial charge in [0, 0.05) is 23.6 Å². The van der Waals surface area contributed by atoms with E-state index in [0.29, 0.717) is 17.4 Å². The van der Waals surface area contributed by atoms with Crippen LogP contribution in [0.25, 0.3) is 22.1 Å². The van der Waals surface area contributed by atoms with E-state index in [2.05, 4.69) is 5.32 Å². The molecule has 1 aliphatic rings. The molecule has 4 rings (SSSR count). The van der Waals surface area contributed by atoms with E-state index < -0.39 is 27.4 Å². The topological polar surface area (TPSA) is 103 Å².